The maximum atomic E-state index is 5.10. The molecule has 16 heavy (non-hydrogen) atoms. The Bertz CT molecular complexity index is 413. The quantitative estimate of drug-likeness (QED) is 0.859. The van der Waals surface area contributed by atoms with Gasteiger partial charge < -0.3 is 10.1 Å². The van der Waals surface area contributed by atoms with Crippen LogP contribution in [0.3, 0.4) is 0 Å². The molecule has 1 aromatic carbocycles. The molecule has 0 aliphatic rings. The van der Waals surface area contributed by atoms with Gasteiger partial charge in [0.15, 0.2) is 0 Å². The van der Waals surface area contributed by atoms with Gasteiger partial charge in [-0.15, -0.1) is 5.10 Å². The van der Waals surface area contributed by atoms with E-state index in [9.17, 15) is 0 Å². The molecule has 0 spiro atoms. The number of benzene rings is 1. The highest BCUT2D eigenvalue weighted by atomic mass is 32.1. The highest BCUT2D eigenvalue weighted by Gasteiger charge is 1.97. The number of ether oxygens (including phenoxy) is 1. The van der Waals surface area contributed by atoms with Crippen molar-refractivity contribution in [1.82, 2.24) is 14.9 Å². The van der Waals surface area contributed by atoms with E-state index in [1.54, 1.807) is 7.11 Å². The van der Waals surface area contributed by atoms with E-state index in [2.05, 4.69) is 14.9 Å². The van der Waals surface area contributed by atoms with E-state index in [0.717, 1.165) is 24.5 Å². The third-order valence-corrected chi connectivity index (χ3v) is 2.75. The van der Waals surface area contributed by atoms with Crippen molar-refractivity contribution in [3.8, 4) is 5.75 Å². The normalized spacial score (nSPS) is 10.3. The lowest BCUT2D eigenvalue weighted by Crippen LogP contribution is -2.12. The Labute approximate surface area is 98.4 Å². The van der Waals surface area contributed by atoms with Gasteiger partial charge in [0.05, 0.1) is 12.8 Å². The third-order valence-electron chi connectivity index (χ3n) is 2.20. The molecular weight excluding hydrogens is 222 g/mol. The lowest BCUT2D eigenvalue weighted by atomic mass is 10.2. The smallest absolute Gasteiger partial charge is 0.118 e. The standard InChI is InChI=1S/C11H13N3OS/c1-15-11-4-2-9(3-5-11)6-12-7-10-8-16-14-13-10/h2-5,8,12H,6-7H2,1H3. The first kappa shape index (κ1) is 11.0. The lowest BCUT2D eigenvalue weighted by Gasteiger charge is -2.04. The van der Waals surface area contributed by atoms with Crippen molar-refractivity contribution < 1.29 is 4.74 Å². The number of hydrogen-bond donors (Lipinski definition) is 1. The topological polar surface area (TPSA) is 47.0 Å². The molecule has 1 N–H and O–H groups in total. The van der Waals surface area contributed by atoms with Crippen molar-refractivity contribution in [2.24, 2.45) is 0 Å². The van der Waals surface area contributed by atoms with Crippen LogP contribution in [0.25, 0.3) is 0 Å². The first-order chi connectivity index (χ1) is 7.88. The lowest BCUT2D eigenvalue weighted by molar-refractivity contribution is 0.414. The molecule has 0 saturated heterocycles. The maximum Gasteiger partial charge on any atom is 0.118 e. The predicted molar refractivity (Wildman–Crippen MR) is 63.4 cm³/mol. The van der Waals surface area contributed by atoms with Crippen molar-refractivity contribution in [2.45, 2.75) is 13.1 Å². The zero-order chi connectivity index (χ0) is 11.2. The summed E-state index contributed by atoms with van der Waals surface area (Å²) in [6, 6.07) is 8.01. The van der Waals surface area contributed by atoms with E-state index in [1.807, 2.05) is 29.6 Å². The SMILES string of the molecule is COc1ccc(CNCc2csnn2)cc1. The van der Waals surface area contributed by atoms with Crippen molar-refractivity contribution in [3.63, 3.8) is 0 Å². The van der Waals surface area contributed by atoms with Gasteiger partial charge in [-0.1, -0.05) is 16.6 Å². The summed E-state index contributed by atoms with van der Waals surface area (Å²) < 4.78 is 8.90. The molecule has 0 saturated carbocycles. The minimum atomic E-state index is 0.753. The van der Waals surface area contributed by atoms with E-state index in [-0.39, 0.29) is 0 Å². The van der Waals surface area contributed by atoms with Gasteiger partial charge in [0.1, 0.15) is 5.75 Å². The van der Waals surface area contributed by atoms with Gasteiger partial charge in [-0.3, -0.25) is 0 Å². The summed E-state index contributed by atoms with van der Waals surface area (Å²) in [5.74, 6) is 0.882. The monoisotopic (exact) mass is 235 g/mol. The maximum absolute atomic E-state index is 5.10. The van der Waals surface area contributed by atoms with Crippen LogP contribution in [0.15, 0.2) is 29.6 Å². The highest BCUT2D eigenvalue weighted by molar-refractivity contribution is 7.03. The van der Waals surface area contributed by atoms with Crippen LogP contribution < -0.4 is 10.1 Å². The molecule has 1 heterocycles. The molecule has 1 aromatic heterocycles. The summed E-state index contributed by atoms with van der Waals surface area (Å²) >= 11 is 1.37. The number of aromatic nitrogens is 2. The molecule has 0 radical (unpaired) electrons. The van der Waals surface area contributed by atoms with Gasteiger partial charge in [-0.25, -0.2) is 0 Å². The summed E-state index contributed by atoms with van der Waals surface area (Å²) in [6.45, 7) is 1.57. The fourth-order valence-electron chi connectivity index (χ4n) is 1.34. The van der Waals surface area contributed by atoms with Crippen LogP contribution >= 0.6 is 11.5 Å². The molecule has 0 fully saturated rings. The molecular formula is C11H13N3OS. The molecule has 84 valence electrons. The van der Waals surface area contributed by atoms with Crippen LogP contribution in [0.5, 0.6) is 5.75 Å². The number of rotatable bonds is 5. The van der Waals surface area contributed by atoms with Crippen LogP contribution in [0.4, 0.5) is 0 Å². The Morgan fingerprint density at radius 3 is 2.69 bits per heavy atom. The number of nitrogens with zero attached hydrogens (tertiary/aromatic N) is 2. The molecule has 0 aliphatic heterocycles. The molecule has 5 heteroatoms. The van der Waals surface area contributed by atoms with Crippen LogP contribution in [-0.4, -0.2) is 16.7 Å². The van der Waals surface area contributed by atoms with Crippen molar-refractivity contribution in [1.29, 1.82) is 0 Å². The van der Waals surface area contributed by atoms with Gasteiger partial charge in [0.25, 0.3) is 0 Å². The second kappa shape index (κ2) is 5.58. The fraction of sp³-hybridized carbons (Fsp3) is 0.273. The zero-order valence-electron chi connectivity index (χ0n) is 9.01. The van der Waals surface area contributed by atoms with Crippen molar-refractivity contribution in [3.05, 3.63) is 40.9 Å². The second-order valence-corrected chi connectivity index (χ2v) is 3.96. The number of methoxy groups -OCH3 is 1. The zero-order valence-corrected chi connectivity index (χ0v) is 9.83. The molecule has 4 nitrogen and oxygen atoms in total. The minimum absolute atomic E-state index is 0.753. The highest BCUT2D eigenvalue weighted by Crippen LogP contribution is 2.11. The molecule has 2 aromatic rings. The minimum Gasteiger partial charge on any atom is -0.497 e. The number of nitrogens with one attached hydrogen (secondary N) is 1. The van der Waals surface area contributed by atoms with Crippen molar-refractivity contribution in [2.75, 3.05) is 7.11 Å². The van der Waals surface area contributed by atoms with Crippen molar-refractivity contribution >= 4 is 11.5 Å². The Kier molecular flexibility index (Phi) is 3.85. The summed E-state index contributed by atoms with van der Waals surface area (Å²) in [5.41, 5.74) is 2.21. The van der Waals surface area contributed by atoms with E-state index in [4.69, 9.17) is 4.74 Å². The molecule has 2 rings (SSSR count). The summed E-state index contributed by atoms with van der Waals surface area (Å²) in [5, 5.41) is 9.21. The van der Waals surface area contributed by atoms with Gasteiger partial charge >= 0.3 is 0 Å². The first-order valence-corrected chi connectivity index (χ1v) is 5.82. The molecule has 0 amide bonds. The Balaban J connectivity index is 1.81. The van der Waals surface area contributed by atoms with E-state index in [1.165, 1.54) is 17.1 Å². The van der Waals surface area contributed by atoms with E-state index < -0.39 is 0 Å². The van der Waals surface area contributed by atoms with Gasteiger partial charge in [-0.2, -0.15) is 0 Å². The fourth-order valence-corrected chi connectivity index (χ4v) is 1.79. The first-order valence-electron chi connectivity index (χ1n) is 4.98. The Hall–Kier alpha value is -1.46. The molecule has 0 atom stereocenters. The van der Waals surface area contributed by atoms with E-state index in [0.29, 0.717) is 0 Å². The molecule has 0 aliphatic carbocycles. The predicted octanol–water partition coefficient (Wildman–Crippen LogP) is 1.84. The van der Waals surface area contributed by atoms with Gasteiger partial charge in [0.2, 0.25) is 0 Å². The number of hydrogen-bond acceptors (Lipinski definition) is 5. The summed E-state index contributed by atoms with van der Waals surface area (Å²) in [7, 11) is 1.67. The average Bonchev–Trinajstić information content (AvgIpc) is 2.83. The van der Waals surface area contributed by atoms with Crippen LogP contribution in [0.1, 0.15) is 11.3 Å². The third kappa shape index (κ3) is 3.01. The van der Waals surface area contributed by atoms with Gasteiger partial charge in [-0.05, 0) is 29.2 Å². The van der Waals surface area contributed by atoms with Crippen LogP contribution in [0.2, 0.25) is 0 Å². The van der Waals surface area contributed by atoms with Crippen LogP contribution in [0, 0.1) is 0 Å². The van der Waals surface area contributed by atoms with E-state index >= 15 is 0 Å². The average molecular weight is 235 g/mol. The summed E-state index contributed by atoms with van der Waals surface area (Å²) in [4.78, 5) is 0. The molecule has 0 bridgehead atoms. The van der Waals surface area contributed by atoms with Crippen LogP contribution in [-0.2, 0) is 13.1 Å². The second-order valence-electron chi connectivity index (χ2n) is 3.35. The van der Waals surface area contributed by atoms with Gasteiger partial charge in [0, 0.05) is 18.5 Å². The summed E-state index contributed by atoms with van der Waals surface area (Å²) in [6.07, 6.45) is 0. The Morgan fingerprint density at radius 1 is 1.25 bits per heavy atom. The molecule has 0 unspecified atom stereocenters. The Morgan fingerprint density at radius 2 is 2.06 bits per heavy atom. The largest absolute Gasteiger partial charge is 0.497 e.